The first-order valence-electron chi connectivity index (χ1n) is 8.81. The van der Waals surface area contributed by atoms with Crippen LogP contribution < -0.4 is 0 Å². The molecule has 24 heavy (non-hydrogen) atoms. The number of benzene rings is 2. The first kappa shape index (κ1) is 19.5. The summed E-state index contributed by atoms with van der Waals surface area (Å²) in [6.07, 6.45) is 2.57. The van der Waals surface area contributed by atoms with Gasteiger partial charge in [-0.3, -0.25) is 0 Å². The molecule has 0 aliphatic rings. The predicted molar refractivity (Wildman–Crippen MR) is 112 cm³/mol. The average Bonchev–Trinajstić information content (AvgIpc) is 2.57. The standard InChI is InChI=1S/C22H30S2/c1-15-9-11-21(19(5)17(15)3)23-13-7-8-14-24-22-12-10-16(2)18(4)20(22)6/h9-12H,7-8,13-14H2,1-6H3. The second-order valence-corrected chi connectivity index (χ2v) is 8.94. The SMILES string of the molecule is Cc1ccc(SCCCCSc2ccc(C)c(C)c2C)c(C)c1C. The Bertz CT molecular complexity index is 640. The minimum atomic E-state index is 1.22. The Hall–Kier alpha value is -0.860. The van der Waals surface area contributed by atoms with Gasteiger partial charge in [0.1, 0.15) is 0 Å². The molecule has 130 valence electrons. The Labute approximate surface area is 156 Å². The number of aryl methyl sites for hydroxylation is 2. The summed E-state index contributed by atoms with van der Waals surface area (Å²) in [6.45, 7) is 13.4. The number of rotatable bonds is 7. The minimum absolute atomic E-state index is 1.22. The Kier molecular flexibility index (Phi) is 7.31. The molecule has 0 radical (unpaired) electrons. The topological polar surface area (TPSA) is 0 Å². The molecule has 0 heterocycles. The lowest BCUT2D eigenvalue weighted by Crippen LogP contribution is -1.92. The second kappa shape index (κ2) is 9.01. The van der Waals surface area contributed by atoms with Crippen LogP contribution in [0.4, 0.5) is 0 Å². The molecule has 0 fully saturated rings. The molecule has 0 bridgehead atoms. The van der Waals surface area contributed by atoms with E-state index in [1.54, 1.807) is 0 Å². The van der Waals surface area contributed by atoms with Gasteiger partial charge in [0.05, 0.1) is 0 Å². The summed E-state index contributed by atoms with van der Waals surface area (Å²) in [5.74, 6) is 2.44. The van der Waals surface area contributed by atoms with E-state index in [2.05, 4.69) is 65.8 Å². The van der Waals surface area contributed by atoms with Gasteiger partial charge in [-0.15, -0.1) is 23.5 Å². The lowest BCUT2D eigenvalue weighted by Gasteiger charge is -2.11. The van der Waals surface area contributed by atoms with Crippen LogP contribution in [0.25, 0.3) is 0 Å². The van der Waals surface area contributed by atoms with E-state index in [4.69, 9.17) is 0 Å². The van der Waals surface area contributed by atoms with Gasteiger partial charge in [-0.05, 0) is 111 Å². The zero-order valence-corrected chi connectivity index (χ0v) is 17.6. The zero-order chi connectivity index (χ0) is 17.7. The maximum atomic E-state index is 2.29. The van der Waals surface area contributed by atoms with Gasteiger partial charge in [-0.2, -0.15) is 0 Å². The van der Waals surface area contributed by atoms with Crippen molar-refractivity contribution in [3.8, 4) is 0 Å². The second-order valence-electron chi connectivity index (χ2n) is 6.67. The summed E-state index contributed by atoms with van der Waals surface area (Å²) >= 11 is 4.03. The van der Waals surface area contributed by atoms with Crippen molar-refractivity contribution in [1.82, 2.24) is 0 Å². The average molecular weight is 359 g/mol. The summed E-state index contributed by atoms with van der Waals surface area (Å²) in [5, 5.41) is 0. The fourth-order valence-electron chi connectivity index (χ4n) is 2.74. The molecule has 0 aliphatic carbocycles. The molecule has 0 spiro atoms. The molecule has 0 atom stereocenters. The predicted octanol–water partition coefficient (Wildman–Crippen LogP) is 7.20. The van der Waals surface area contributed by atoms with Crippen molar-refractivity contribution in [3.63, 3.8) is 0 Å². The molecule has 0 aromatic heterocycles. The summed E-state index contributed by atoms with van der Waals surface area (Å²) in [7, 11) is 0. The molecule has 0 unspecified atom stereocenters. The van der Waals surface area contributed by atoms with Crippen molar-refractivity contribution in [2.75, 3.05) is 11.5 Å². The third-order valence-electron chi connectivity index (χ3n) is 5.07. The summed E-state index contributed by atoms with van der Waals surface area (Å²) in [5.41, 5.74) is 8.61. The Morgan fingerprint density at radius 1 is 0.542 bits per heavy atom. The lowest BCUT2D eigenvalue weighted by atomic mass is 10.1. The highest BCUT2D eigenvalue weighted by Crippen LogP contribution is 2.29. The molecule has 0 amide bonds. The van der Waals surface area contributed by atoms with Gasteiger partial charge in [0.25, 0.3) is 0 Å². The monoisotopic (exact) mass is 358 g/mol. The van der Waals surface area contributed by atoms with E-state index in [1.807, 2.05) is 23.5 Å². The molecule has 0 aliphatic heterocycles. The highest BCUT2D eigenvalue weighted by Gasteiger charge is 2.06. The van der Waals surface area contributed by atoms with E-state index in [1.165, 1.54) is 67.5 Å². The van der Waals surface area contributed by atoms with E-state index >= 15 is 0 Å². The molecule has 2 aromatic rings. The van der Waals surface area contributed by atoms with Crippen molar-refractivity contribution in [1.29, 1.82) is 0 Å². The van der Waals surface area contributed by atoms with E-state index in [-0.39, 0.29) is 0 Å². The van der Waals surface area contributed by atoms with Crippen LogP contribution in [0.15, 0.2) is 34.1 Å². The van der Waals surface area contributed by atoms with Gasteiger partial charge in [-0.25, -0.2) is 0 Å². The highest BCUT2D eigenvalue weighted by molar-refractivity contribution is 7.99. The Morgan fingerprint density at radius 3 is 1.29 bits per heavy atom. The summed E-state index contributed by atoms with van der Waals surface area (Å²) < 4.78 is 0. The number of hydrogen-bond acceptors (Lipinski definition) is 2. The van der Waals surface area contributed by atoms with Gasteiger partial charge >= 0.3 is 0 Å². The molecular formula is C22H30S2. The first-order chi connectivity index (χ1) is 11.4. The van der Waals surface area contributed by atoms with Crippen LogP contribution in [0.1, 0.15) is 46.2 Å². The highest BCUT2D eigenvalue weighted by atomic mass is 32.2. The zero-order valence-electron chi connectivity index (χ0n) is 16.0. The van der Waals surface area contributed by atoms with Crippen molar-refractivity contribution < 1.29 is 0 Å². The molecule has 0 saturated carbocycles. The molecule has 2 rings (SSSR count). The first-order valence-corrected chi connectivity index (χ1v) is 10.8. The number of hydrogen-bond donors (Lipinski definition) is 0. The van der Waals surface area contributed by atoms with E-state index in [0.29, 0.717) is 0 Å². The molecule has 2 heteroatoms. The third kappa shape index (κ3) is 4.83. The minimum Gasteiger partial charge on any atom is -0.126 e. The van der Waals surface area contributed by atoms with Crippen LogP contribution in [-0.2, 0) is 0 Å². The lowest BCUT2D eigenvalue weighted by molar-refractivity contribution is 0.906. The number of unbranched alkanes of at least 4 members (excludes halogenated alkanes) is 1. The quantitative estimate of drug-likeness (QED) is 0.379. The van der Waals surface area contributed by atoms with Crippen molar-refractivity contribution in [2.24, 2.45) is 0 Å². The van der Waals surface area contributed by atoms with Crippen LogP contribution >= 0.6 is 23.5 Å². The molecule has 2 aromatic carbocycles. The fraction of sp³-hybridized carbons (Fsp3) is 0.455. The van der Waals surface area contributed by atoms with E-state index in [0.717, 1.165) is 0 Å². The maximum absolute atomic E-state index is 2.29. The van der Waals surface area contributed by atoms with Crippen molar-refractivity contribution in [2.45, 2.75) is 64.2 Å². The van der Waals surface area contributed by atoms with Gasteiger partial charge < -0.3 is 0 Å². The maximum Gasteiger partial charge on any atom is 0.0104 e. The molecule has 0 N–H and O–H groups in total. The van der Waals surface area contributed by atoms with Crippen LogP contribution in [0.2, 0.25) is 0 Å². The normalized spacial score (nSPS) is 11.1. The van der Waals surface area contributed by atoms with Crippen LogP contribution in [0.5, 0.6) is 0 Å². The molecule has 0 nitrogen and oxygen atoms in total. The smallest absolute Gasteiger partial charge is 0.0104 e. The Balaban J connectivity index is 1.75. The van der Waals surface area contributed by atoms with E-state index in [9.17, 15) is 0 Å². The third-order valence-corrected chi connectivity index (χ3v) is 7.56. The largest absolute Gasteiger partial charge is 0.126 e. The van der Waals surface area contributed by atoms with Crippen LogP contribution in [-0.4, -0.2) is 11.5 Å². The van der Waals surface area contributed by atoms with Crippen molar-refractivity contribution in [3.05, 3.63) is 57.6 Å². The van der Waals surface area contributed by atoms with E-state index < -0.39 is 0 Å². The van der Waals surface area contributed by atoms with Crippen LogP contribution in [0, 0.1) is 41.5 Å². The summed E-state index contributed by atoms with van der Waals surface area (Å²) in [6, 6.07) is 9.08. The number of thioether (sulfide) groups is 2. The molecular weight excluding hydrogens is 328 g/mol. The fourth-order valence-corrected chi connectivity index (χ4v) is 4.95. The van der Waals surface area contributed by atoms with Gasteiger partial charge in [-0.1, -0.05) is 12.1 Å². The van der Waals surface area contributed by atoms with Crippen molar-refractivity contribution >= 4 is 23.5 Å². The Morgan fingerprint density at radius 2 is 0.917 bits per heavy atom. The van der Waals surface area contributed by atoms with Gasteiger partial charge in [0, 0.05) is 9.79 Å². The van der Waals surface area contributed by atoms with Crippen LogP contribution in [0.3, 0.4) is 0 Å². The molecule has 0 saturated heterocycles. The van der Waals surface area contributed by atoms with Gasteiger partial charge in [0.2, 0.25) is 0 Å². The van der Waals surface area contributed by atoms with Gasteiger partial charge in [0.15, 0.2) is 0 Å². The summed E-state index contributed by atoms with van der Waals surface area (Å²) in [4.78, 5) is 2.91.